The standard InChI is InChI=1S/C24H27N3O4/c1-29-18-14-21(30-2)24(22(15-18)31-3)17-8-11-26(12-9-17)23(28)10-13-27-16-25-19-6-4-5-7-20(19)27/h4-8,14-16H,9-13H2,1-3H3. The molecule has 1 aromatic heterocycles. The predicted octanol–water partition coefficient (Wildman–Crippen LogP) is 3.77. The van der Waals surface area contributed by atoms with Crippen LogP contribution >= 0.6 is 0 Å². The maximum atomic E-state index is 12.8. The van der Waals surface area contributed by atoms with Gasteiger partial charge in [-0.25, -0.2) is 4.98 Å². The number of hydrogen-bond donors (Lipinski definition) is 0. The van der Waals surface area contributed by atoms with Crippen LogP contribution in [0.5, 0.6) is 17.2 Å². The minimum Gasteiger partial charge on any atom is -0.496 e. The summed E-state index contributed by atoms with van der Waals surface area (Å²) >= 11 is 0. The van der Waals surface area contributed by atoms with Gasteiger partial charge in [0.15, 0.2) is 0 Å². The maximum Gasteiger partial charge on any atom is 0.224 e. The van der Waals surface area contributed by atoms with E-state index < -0.39 is 0 Å². The summed E-state index contributed by atoms with van der Waals surface area (Å²) in [5, 5.41) is 0. The Morgan fingerprint density at radius 1 is 1.06 bits per heavy atom. The fourth-order valence-corrected chi connectivity index (χ4v) is 4.01. The first kappa shape index (κ1) is 20.8. The summed E-state index contributed by atoms with van der Waals surface area (Å²) in [5.74, 6) is 2.22. The largest absolute Gasteiger partial charge is 0.496 e. The van der Waals surface area contributed by atoms with Crippen LogP contribution in [0.1, 0.15) is 18.4 Å². The Kier molecular flexibility index (Phi) is 6.11. The third-order valence-corrected chi connectivity index (χ3v) is 5.69. The van der Waals surface area contributed by atoms with Crippen LogP contribution in [0.15, 0.2) is 48.8 Å². The van der Waals surface area contributed by atoms with Crippen molar-refractivity contribution in [1.82, 2.24) is 14.5 Å². The van der Waals surface area contributed by atoms with Crippen molar-refractivity contribution in [3.63, 3.8) is 0 Å². The molecule has 4 rings (SSSR count). The Morgan fingerprint density at radius 3 is 2.45 bits per heavy atom. The van der Waals surface area contributed by atoms with E-state index in [9.17, 15) is 4.79 Å². The molecule has 7 nitrogen and oxygen atoms in total. The minimum atomic E-state index is 0.141. The summed E-state index contributed by atoms with van der Waals surface area (Å²) in [6, 6.07) is 11.7. The first-order valence-electron chi connectivity index (χ1n) is 10.3. The monoisotopic (exact) mass is 421 g/mol. The normalized spacial score (nSPS) is 13.8. The smallest absolute Gasteiger partial charge is 0.224 e. The molecule has 1 aliphatic heterocycles. The van der Waals surface area contributed by atoms with Gasteiger partial charge in [0, 0.05) is 38.2 Å². The van der Waals surface area contributed by atoms with E-state index in [1.54, 1.807) is 27.7 Å². The predicted molar refractivity (Wildman–Crippen MR) is 120 cm³/mol. The van der Waals surface area contributed by atoms with Gasteiger partial charge in [0.25, 0.3) is 0 Å². The molecule has 0 bridgehead atoms. The van der Waals surface area contributed by atoms with Gasteiger partial charge in [0.05, 0.1) is 44.3 Å². The average molecular weight is 421 g/mol. The first-order chi connectivity index (χ1) is 15.1. The molecule has 0 fully saturated rings. The van der Waals surface area contributed by atoms with E-state index in [1.807, 2.05) is 45.9 Å². The van der Waals surface area contributed by atoms with Crippen molar-refractivity contribution in [2.75, 3.05) is 34.4 Å². The number of imidazole rings is 1. The third-order valence-electron chi connectivity index (χ3n) is 5.69. The van der Waals surface area contributed by atoms with Crippen molar-refractivity contribution in [3.05, 3.63) is 54.4 Å². The number of ether oxygens (including phenoxy) is 3. The molecule has 0 saturated carbocycles. The van der Waals surface area contributed by atoms with Crippen molar-refractivity contribution in [2.45, 2.75) is 19.4 Å². The summed E-state index contributed by atoms with van der Waals surface area (Å²) in [4.78, 5) is 19.1. The summed E-state index contributed by atoms with van der Waals surface area (Å²) < 4.78 is 18.5. The number of para-hydroxylation sites is 2. The zero-order valence-electron chi connectivity index (χ0n) is 18.1. The number of methoxy groups -OCH3 is 3. The van der Waals surface area contributed by atoms with Crippen molar-refractivity contribution < 1.29 is 19.0 Å². The summed E-state index contributed by atoms with van der Waals surface area (Å²) in [6.07, 6.45) is 5.06. The van der Waals surface area contributed by atoms with Gasteiger partial charge in [-0.1, -0.05) is 18.2 Å². The highest BCUT2D eigenvalue weighted by atomic mass is 16.5. The van der Waals surface area contributed by atoms with E-state index in [0.29, 0.717) is 43.3 Å². The van der Waals surface area contributed by atoms with E-state index in [2.05, 4.69) is 11.1 Å². The quantitative estimate of drug-likeness (QED) is 0.581. The zero-order chi connectivity index (χ0) is 21.8. The van der Waals surface area contributed by atoms with Crippen LogP contribution < -0.4 is 14.2 Å². The molecule has 2 heterocycles. The molecule has 0 aliphatic carbocycles. The third kappa shape index (κ3) is 4.21. The van der Waals surface area contributed by atoms with E-state index in [4.69, 9.17) is 14.2 Å². The molecular formula is C24H27N3O4. The zero-order valence-corrected chi connectivity index (χ0v) is 18.1. The Hall–Kier alpha value is -3.48. The summed E-state index contributed by atoms with van der Waals surface area (Å²) in [7, 11) is 4.89. The van der Waals surface area contributed by atoms with Gasteiger partial charge >= 0.3 is 0 Å². The Labute approximate surface area is 181 Å². The van der Waals surface area contributed by atoms with Gasteiger partial charge < -0.3 is 23.7 Å². The highest BCUT2D eigenvalue weighted by molar-refractivity contribution is 5.81. The number of amides is 1. The van der Waals surface area contributed by atoms with Crippen LogP contribution in [-0.2, 0) is 11.3 Å². The second-order valence-electron chi connectivity index (χ2n) is 7.40. The van der Waals surface area contributed by atoms with Crippen LogP contribution in [0.25, 0.3) is 16.6 Å². The molecule has 3 aromatic rings. The molecule has 31 heavy (non-hydrogen) atoms. The second-order valence-corrected chi connectivity index (χ2v) is 7.40. The lowest BCUT2D eigenvalue weighted by Gasteiger charge is -2.28. The number of rotatable bonds is 7. The minimum absolute atomic E-state index is 0.141. The molecular weight excluding hydrogens is 394 g/mol. The lowest BCUT2D eigenvalue weighted by Crippen LogP contribution is -2.35. The van der Waals surface area contributed by atoms with Crippen LogP contribution in [0.3, 0.4) is 0 Å². The van der Waals surface area contributed by atoms with Crippen molar-refractivity contribution in [1.29, 1.82) is 0 Å². The van der Waals surface area contributed by atoms with E-state index in [0.717, 1.165) is 28.6 Å². The van der Waals surface area contributed by atoms with Gasteiger partial charge in [-0.15, -0.1) is 0 Å². The molecule has 0 radical (unpaired) electrons. The molecule has 0 unspecified atom stereocenters. The number of carbonyl (C=O) groups is 1. The molecule has 1 amide bonds. The average Bonchev–Trinajstić information content (AvgIpc) is 3.24. The highest BCUT2D eigenvalue weighted by Crippen LogP contribution is 2.40. The molecule has 0 atom stereocenters. The highest BCUT2D eigenvalue weighted by Gasteiger charge is 2.23. The van der Waals surface area contributed by atoms with Gasteiger partial charge in [-0.2, -0.15) is 0 Å². The summed E-state index contributed by atoms with van der Waals surface area (Å²) in [6.45, 7) is 1.84. The maximum absolute atomic E-state index is 12.8. The second kappa shape index (κ2) is 9.12. The number of hydrogen-bond acceptors (Lipinski definition) is 5. The topological polar surface area (TPSA) is 65.8 Å². The van der Waals surface area contributed by atoms with Crippen LogP contribution in [0, 0.1) is 0 Å². The van der Waals surface area contributed by atoms with Crippen LogP contribution in [0.4, 0.5) is 0 Å². The van der Waals surface area contributed by atoms with Crippen molar-refractivity contribution in [3.8, 4) is 17.2 Å². The number of benzene rings is 2. The number of fused-ring (bicyclic) bond motifs is 1. The molecule has 0 saturated heterocycles. The molecule has 0 spiro atoms. The fourth-order valence-electron chi connectivity index (χ4n) is 4.01. The summed E-state index contributed by atoms with van der Waals surface area (Å²) in [5.41, 5.74) is 4.03. The fraction of sp³-hybridized carbons (Fsp3) is 0.333. The molecule has 1 aliphatic rings. The lowest BCUT2D eigenvalue weighted by atomic mass is 9.97. The van der Waals surface area contributed by atoms with Crippen LogP contribution in [0.2, 0.25) is 0 Å². The van der Waals surface area contributed by atoms with Crippen molar-refractivity contribution >= 4 is 22.5 Å². The molecule has 7 heteroatoms. The Balaban J connectivity index is 1.45. The van der Waals surface area contributed by atoms with E-state index >= 15 is 0 Å². The number of carbonyl (C=O) groups excluding carboxylic acids is 1. The van der Waals surface area contributed by atoms with Crippen LogP contribution in [-0.4, -0.2) is 54.8 Å². The molecule has 2 aromatic carbocycles. The molecule has 162 valence electrons. The number of aromatic nitrogens is 2. The van der Waals surface area contributed by atoms with Gasteiger partial charge in [-0.05, 0) is 24.1 Å². The van der Waals surface area contributed by atoms with Gasteiger partial charge in [0.1, 0.15) is 17.2 Å². The van der Waals surface area contributed by atoms with E-state index in [1.165, 1.54) is 0 Å². The Bertz CT molecular complexity index is 1090. The lowest BCUT2D eigenvalue weighted by molar-refractivity contribution is -0.131. The Morgan fingerprint density at radius 2 is 1.81 bits per heavy atom. The number of nitrogens with zero attached hydrogens (tertiary/aromatic N) is 3. The van der Waals surface area contributed by atoms with Crippen molar-refractivity contribution in [2.24, 2.45) is 0 Å². The first-order valence-corrected chi connectivity index (χ1v) is 10.3. The van der Waals surface area contributed by atoms with Gasteiger partial charge in [-0.3, -0.25) is 4.79 Å². The van der Waals surface area contributed by atoms with Gasteiger partial charge in [0.2, 0.25) is 5.91 Å². The van der Waals surface area contributed by atoms with E-state index in [-0.39, 0.29) is 5.91 Å². The molecule has 0 N–H and O–H groups in total. The number of aryl methyl sites for hydroxylation is 1. The SMILES string of the molecule is COc1cc(OC)c(C2=CCN(C(=O)CCn3cnc4ccccc43)CC2)c(OC)c1.